The number of rotatable bonds is 5. The number of β-amino-alcohol motifs (C(OH)–C–C–N with tert-alkyl or cyclic N) is 1. The lowest BCUT2D eigenvalue weighted by molar-refractivity contribution is 0.0759. The van der Waals surface area contributed by atoms with E-state index in [0.717, 1.165) is 0 Å². The zero-order valence-corrected chi connectivity index (χ0v) is 18.9. The summed E-state index contributed by atoms with van der Waals surface area (Å²) in [7, 11) is 0. The van der Waals surface area contributed by atoms with Crippen molar-refractivity contribution in [3.63, 3.8) is 0 Å². The van der Waals surface area contributed by atoms with Crippen LogP contribution in [0.2, 0.25) is 0 Å². The van der Waals surface area contributed by atoms with Gasteiger partial charge in [0.2, 0.25) is 0 Å². The first-order valence-corrected chi connectivity index (χ1v) is 11.2. The summed E-state index contributed by atoms with van der Waals surface area (Å²) in [5.74, 6) is 0.913. The van der Waals surface area contributed by atoms with E-state index in [1.54, 1.807) is 29.4 Å². The molecule has 1 saturated heterocycles. The smallest absolute Gasteiger partial charge is 0.270 e. The zero-order chi connectivity index (χ0) is 23.8. The van der Waals surface area contributed by atoms with Crippen LogP contribution in [0.15, 0.2) is 53.6 Å². The fraction of sp³-hybridized carbons (Fsp3) is 0.292. The molecule has 174 valence electrons. The summed E-state index contributed by atoms with van der Waals surface area (Å²) in [4.78, 5) is 35.1. The number of benzene rings is 1. The lowest BCUT2D eigenvalue weighted by Crippen LogP contribution is -2.31. The van der Waals surface area contributed by atoms with Crippen LogP contribution >= 0.6 is 0 Å². The number of carbonyl (C=O) groups is 1. The molecule has 3 N–H and O–H groups in total. The van der Waals surface area contributed by atoms with Crippen molar-refractivity contribution in [2.24, 2.45) is 0 Å². The zero-order valence-electron chi connectivity index (χ0n) is 18.9. The van der Waals surface area contributed by atoms with Gasteiger partial charge in [0.15, 0.2) is 11.3 Å². The first kappa shape index (κ1) is 21.8. The molecule has 0 bridgehead atoms. The van der Waals surface area contributed by atoms with E-state index in [9.17, 15) is 14.7 Å². The number of aliphatic hydroxyl groups excluding tert-OH is 1. The second-order valence-corrected chi connectivity index (χ2v) is 8.66. The van der Waals surface area contributed by atoms with Gasteiger partial charge in [-0.1, -0.05) is 12.1 Å². The summed E-state index contributed by atoms with van der Waals surface area (Å²) in [6, 6.07) is 12.4. The van der Waals surface area contributed by atoms with Crippen LogP contribution in [-0.4, -0.2) is 59.8 Å². The molecule has 10 heteroatoms. The SMILES string of the molecule is CC(C)n1cnnc1-c1cccc(Nc2cccc3[nH]c(C(=O)N4CC[C@@H](O)C4)cc(=O)c23)n1. The highest BCUT2D eigenvalue weighted by molar-refractivity contribution is 5.98. The van der Waals surface area contributed by atoms with Crippen LogP contribution in [0.5, 0.6) is 0 Å². The largest absolute Gasteiger partial charge is 0.391 e. The average Bonchev–Trinajstić information content (AvgIpc) is 3.48. The van der Waals surface area contributed by atoms with E-state index < -0.39 is 6.10 Å². The normalized spacial score (nSPS) is 15.9. The van der Waals surface area contributed by atoms with Gasteiger partial charge in [-0.25, -0.2) is 4.98 Å². The lowest BCUT2D eigenvalue weighted by Gasteiger charge is -2.16. The van der Waals surface area contributed by atoms with E-state index >= 15 is 0 Å². The van der Waals surface area contributed by atoms with Crippen molar-refractivity contribution in [2.75, 3.05) is 18.4 Å². The molecule has 0 saturated carbocycles. The van der Waals surface area contributed by atoms with Crippen LogP contribution in [0.1, 0.15) is 36.8 Å². The Bertz CT molecular complexity index is 1430. The predicted molar refractivity (Wildman–Crippen MR) is 128 cm³/mol. The van der Waals surface area contributed by atoms with Crippen molar-refractivity contribution in [3.05, 3.63) is 64.7 Å². The fourth-order valence-corrected chi connectivity index (χ4v) is 4.19. The number of fused-ring (bicyclic) bond motifs is 1. The number of aliphatic hydroxyl groups is 1. The first-order valence-electron chi connectivity index (χ1n) is 11.2. The molecule has 5 rings (SSSR count). The van der Waals surface area contributed by atoms with Crippen molar-refractivity contribution in [2.45, 2.75) is 32.4 Å². The predicted octanol–water partition coefficient (Wildman–Crippen LogP) is 2.71. The van der Waals surface area contributed by atoms with Crippen molar-refractivity contribution < 1.29 is 9.90 Å². The van der Waals surface area contributed by atoms with Gasteiger partial charge in [-0.05, 0) is 44.5 Å². The number of pyridine rings is 2. The van der Waals surface area contributed by atoms with Crippen molar-refractivity contribution in [3.8, 4) is 11.5 Å². The number of aromatic amines is 1. The van der Waals surface area contributed by atoms with E-state index in [1.165, 1.54) is 6.07 Å². The number of carbonyl (C=O) groups excluding carboxylic acids is 1. The number of H-pyrrole nitrogens is 1. The fourth-order valence-electron chi connectivity index (χ4n) is 4.19. The number of likely N-dealkylation sites (tertiary alicyclic amines) is 1. The Kier molecular flexibility index (Phi) is 5.58. The molecule has 1 atom stereocenters. The van der Waals surface area contributed by atoms with Gasteiger partial charge in [-0.2, -0.15) is 0 Å². The second-order valence-electron chi connectivity index (χ2n) is 8.66. The van der Waals surface area contributed by atoms with Crippen LogP contribution in [0.25, 0.3) is 22.4 Å². The molecule has 3 aromatic heterocycles. The molecular formula is C24H25N7O3. The van der Waals surface area contributed by atoms with Crippen LogP contribution in [0.4, 0.5) is 11.5 Å². The molecule has 4 heterocycles. The summed E-state index contributed by atoms with van der Waals surface area (Å²) in [5.41, 5.74) is 1.69. The number of nitrogens with one attached hydrogen (secondary N) is 2. The van der Waals surface area contributed by atoms with Crippen LogP contribution in [0.3, 0.4) is 0 Å². The molecular weight excluding hydrogens is 434 g/mol. The maximum atomic E-state index is 13.0. The average molecular weight is 460 g/mol. The van der Waals surface area contributed by atoms with Crippen LogP contribution in [-0.2, 0) is 0 Å². The quantitative estimate of drug-likeness (QED) is 0.418. The number of anilines is 2. The van der Waals surface area contributed by atoms with Crippen molar-refractivity contribution >= 4 is 28.3 Å². The molecule has 10 nitrogen and oxygen atoms in total. The summed E-state index contributed by atoms with van der Waals surface area (Å²) < 4.78 is 1.94. The van der Waals surface area contributed by atoms with Crippen LogP contribution in [0, 0.1) is 0 Å². The topological polar surface area (TPSA) is 129 Å². The summed E-state index contributed by atoms with van der Waals surface area (Å²) >= 11 is 0. The van der Waals surface area contributed by atoms with Crippen molar-refractivity contribution in [1.29, 1.82) is 0 Å². The summed E-state index contributed by atoms with van der Waals surface area (Å²) in [6.45, 7) is 4.83. The highest BCUT2D eigenvalue weighted by Crippen LogP contribution is 2.25. The summed E-state index contributed by atoms with van der Waals surface area (Å²) in [5, 5.41) is 21.6. The molecule has 0 radical (unpaired) electrons. The van der Waals surface area contributed by atoms with E-state index in [-0.39, 0.29) is 29.6 Å². The number of hydrogen-bond acceptors (Lipinski definition) is 7. The Balaban J connectivity index is 1.48. The van der Waals surface area contributed by atoms with E-state index in [0.29, 0.717) is 46.9 Å². The molecule has 34 heavy (non-hydrogen) atoms. The maximum absolute atomic E-state index is 13.0. The molecule has 0 aliphatic carbocycles. The number of nitrogens with zero attached hydrogens (tertiary/aromatic N) is 5. The monoisotopic (exact) mass is 459 g/mol. The van der Waals surface area contributed by atoms with Gasteiger partial charge >= 0.3 is 0 Å². The Labute approximate surface area is 195 Å². The molecule has 1 aliphatic heterocycles. The standard InChI is InChI=1S/C24H25N7O3/c1-14(2)31-13-25-29-23(31)18-7-4-8-21(28-18)27-17-6-3-5-16-22(17)20(33)11-19(26-16)24(34)30-10-9-15(32)12-30/h3-8,11,13-15,32H,9-10,12H2,1-2H3,(H,26,33)(H,27,28)/t15-/m1/s1. The number of aromatic nitrogens is 5. The van der Waals surface area contributed by atoms with Crippen molar-refractivity contribution in [1.82, 2.24) is 29.6 Å². The van der Waals surface area contributed by atoms with Gasteiger partial charge in [0, 0.05) is 25.2 Å². The lowest BCUT2D eigenvalue weighted by atomic mass is 10.1. The first-order chi connectivity index (χ1) is 16.4. The molecule has 0 spiro atoms. The van der Waals surface area contributed by atoms with Gasteiger partial charge in [0.25, 0.3) is 5.91 Å². The Morgan fingerprint density at radius 2 is 2.06 bits per heavy atom. The Morgan fingerprint density at radius 1 is 1.24 bits per heavy atom. The van der Waals surface area contributed by atoms with Gasteiger partial charge in [0.05, 0.1) is 22.7 Å². The van der Waals surface area contributed by atoms with Crippen LogP contribution < -0.4 is 10.7 Å². The van der Waals surface area contributed by atoms with Gasteiger partial charge in [-0.15, -0.1) is 10.2 Å². The highest BCUT2D eigenvalue weighted by atomic mass is 16.3. The maximum Gasteiger partial charge on any atom is 0.270 e. The Hall–Kier alpha value is -4.05. The van der Waals surface area contributed by atoms with E-state index in [1.807, 2.05) is 36.6 Å². The number of hydrogen-bond donors (Lipinski definition) is 3. The third-order valence-electron chi connectivity index (χ3n) is 5.91. The number of amides is 1. The minimum Gasteiger partial charge on any atom is -0.391 e. The minimum absolute atomic E-state index is 0.181. The molecule has 4 aromatic rings. The second kappa shape index (κ2) is 8.71. The van der Waals surface area contributed by atoms with Gasteiger partial charge < -0.3 is 24.9 Å². The molecule has 0 unspecified atom stereocenters. The van der Waals surface area contributed by atoms with E-state index in [4.69, 9.17) is 0 Å². The molecule has 1 amide bonds. The van der Waals surface area contributed by atoms with Gasteiger partial charge in [0.1, 0.15) is 23.5 Å². The molecule has 1 aliphatic rings. The van der Waals surface area contributed by atoms with E-state index in [2.05, 4.69) is 25.5 Å². The Morgan fingerprint density at radius 3 is 2.82 bits per heavy atom. The highest BCUT2D eigenvalue weighted by Gasteiger charge is 2.26. The third-order valence-corrected chi connectivity index (χ3v) is 5.91. The van der Waals surface area contributed by atoms with Gasteiger partial charge in [-0.3, -0.25) is 9.59 Å². The molecule has 1 fully saturated rings. The summed E-state index contributed by atoms with van der Waals surface area (Å²) in [6.07, 6.45) is 1.69. The minimum atomic E-state index is -0.524. The molecule has 1 aromatic carbocycles. The third kappa shape index (κ3) is 4.03.